The molecule has 1 aliphatic rings. The third-order valence-corrected chi connectivity index (χ3v) is 10.4. The van der Waals surface area contributed by atoms with Gasteiger partial charge in [-0.05, 0) is 80.3 Å². The maximum atomic E-state index is 13.1. The van der Waals surface area contributed by atoms with Crippen LogP contribution >= 0.6 is 11.8 Å². The van der Waals surface area contributed by atoms with Crippen molar-refractivity contribution in [3.63, 3.8) is 0 Å². The second-order valence-electron chi connectivity index (χ2n) is 10.7. The normalized spacial score (nSPS) is 13.4. The van der Waals surface area contributed by atoms with Gasteiger partial charge in [0.15, 0.2) is 11.0 Å². The van der Waals surface area contributed by atoms with Gasteiger partial charge in [-0.3, -0.25) is 14.2 Å². The van der Waals surface area contributed by atoms with Gasteiger partial charge in [0.25, 0.3) is 5.91 Å². The fourth-order valence-corrected chi connectivity index (χ4v) is 7.31. The van der Waals surface area contributed by atoms with Crippen LogP contribution in [0.5, 0.6) is 11.5 Å². The highest BCUT2D eigenvalue weighted by Crippen LogP contribution is 2.32. The predicted octanol–water partition coefficient (Wildman–Crippen LogP) is 4.35. The van der Waals surface area contributed by atoms with Crippen LogP contribution < -0.4 is 20.1 Å². The van der Waals surface area contributed by atoms with Crippen molar-refractivity contribution in [2.45, 2.75) is 43.3 Å². The topological polar surface area (TPSA) is 145 Å². The highest BCUT2D eigenvalue weighted by molar-refractivity contribution is 7.99. The van der Waals surface area contributed by atoms with Gasteiger partial charge in [0.2, 0.25) is 15.9 Å². The molecule has 2 heterocycles. The molecule has 1 aromatic heterocycles. The van der Waals surface area contributed by atoms with E-state index in [1.165, 1.54) is 47.4 Å². The van der Waals surface area contributed by atoms with Crippen molar-refractivity contribution in [1.82, 2.24) is 24.4 Å². The Morgan fingerprint density at radius 2 is 1.67 bits per heavy atom. The average Bonchev–Trinajstić information content (AvgIpc) is 3.75. The average molecular weight is 665 g/mol. The van der Waals surface area contributed by atoms with E-state index in [2.05, 4.69) is 20.8 Å². The zero-order valence-corrected chi connectivity index (χ0v) is 27.7. The summed E-state index contributed by atoms with van der Waals surface area (Å²) in [4.78, 5) is 26.2. The van der Waals surface area contributed by atoms with Crippen LogP contribution in [0.2, 0.25) is 0 Å². The van der Waals surface area contributed by atoms with Crippen molar-refractivity contribution < 1.29 is 27.5 Å². The number of rotatable bonds is 12. The van der Waals surface area contributed by atoms with Gasteiger partial charge in [0.05, 0.1) is 37.1 Å². The van der Waals surface area contributed by atoms with Gasteiger partial charge in [-0.1, -0.05) is 23.9 Å². The van der Waals surface area contributed by atoms with Crippen molar-refractivity contribution in [2.24, 2.45) is 0 Å². The van der Waals surface area contributed by atoms with Crippen LogP contribution in [0, 0.1) is 13.8 Å². The lowest BCUT2D eigenvalue weighted by atomic mass is 10.1. The Kier molecular flexibility index (Phi) is 10.3. The lowest BCUT2D eigenvalue weighted by Crippen LogP contribution is -2.28. The number of hydrogen-bond donors (Lipinski definition) is 2. The molecule has 2 amide bonds. The first-order valence-corrected chi connectivity index (χ1v) is 17.1. The van der Waals surface area contributed by atoms with Crippen LogP contribution in [-0.4, -0.2) is 72.4 Å². The molecule has 0 unspecified atom stereocenters. The minimum Gasteiger partial charge on any atom is -0.497 e. The number of carbonyl (C=O) groups excluding carboxylic acids is 2. The molecule has 0 atom stereocenters. The molecule has 12 nitrogen and oxygen atoms in total. The molecular formula is C32H36N6O6S2. The summed E-state index contributed by atoms with van der Waals surface area (Å²) in [5.74, 6) is 0.870. The molecule has 0 bridgehead atoms. The summed E-state index contributed by atoms with van der Waals surface area (Å²) in [6.45, 7) is 4.87. The Labute approximate surface area is 272 Å². The minimum atomic E-state index is -3.59. The first kappa shape index (κ1) is 33.0. The van der Waals surface area contributed by atoms with E-state index < -0.39 is 15.9 Å². The number of benzene rings is 3. The molecule has 2 N–H and O–H groups in total. The fourth-order valence-electron chi connectivity index (χ4n) is 5.03. The monoisotopic (exact) mass is 664 g/mol. The first-order chi connectivity index (χ1) is 22.1. The molecule has 1 aliphatic heterocycles. The molecule has 4 aromatic rings. The third kappa shape index (κ3) is 7.35. The van der Waals surface area contributed by atoms with Crippen molar-refractivity contribution in [3.8, 4) is 17.2 Å². The Bertz CT molecular complexity index is 1840. The number of aromatic nitrogens is 3. The van der Waals surface area contributed by atoms with E-state index in [1.807, 2.05) is 32.0 Å². The number of nitrogens with zero attached hydrogens (tertiary/aromatic N) is 4. The maximum Gasteiger partial charge on any atom is 0.251 e. The largest absolute Gasteiger partial charge is 0.497 e. The van der Waals surface area contributed by atoms with E-state index in [0.717, 1.165) is 29.7 Å². The molecule has 0 radical (unpaired) electrons. The van der Waals surface area contributed by atoms with E-state index >= 15 is 0 Å². The van der Waals surface area contributed by atoms with Gasteiger partial charge >= 0.3 is 0 Å². The lowest BCUT2D eigenvalue weighted by Gasteiger charge is -2.16. The van der Waals surface area contributed by atoms with Crippen LogP contribution in [0.4, 0.5) is 5.69 Å². The van der Waals surface area contributed by atoms with Gasteiger partial charge in [-0.15, -0.1) is 10.2 Å². The van der Waals surface area contributed by atoms with Crippen molar-refractivity contribution in [2.75, 3.05) is 38.4 Å². The van der Waals surface area contributed by atoms with Crippen LogP contribution in [-0.2, 0) is 21.4 Å². The SMILES string of the molecule is COc1ccc(OC)c(-n2c(CNC(=O)c3ccc(S(=O)(=O)N4CCCC4)cc3)nnc2SCC(=O)Nc2cc(C)ccc2C)c1. The van der Waals surface area contributed by atoms with Gasteiger partial charge in [-0.25, -0.2) is 8.42 Å². The van der Waals surface area contributed by atoms with E-state index in [-0.39, 0.29) is 23.1 Å². The zero-order valence-electron chi connectivity index (χ0n) is 26.1. The molecule has 5 rings (SSSR count). The third-order valence-electron chi connectivity index (χ3n) is 7.55. The minimum absolute atomic E-state index is 0.0186. The molecule has 1 saturated heterocycles. The number of carbonyl (C=O) groups is 2. The van der Waals surface area contributed by atoms with Gasteiger partial charge < -0.3 is 20.1 Å². The Morgan fingerprint density at radius 1 is 0.935 bits per heavy atom. The summed E-state index contributed by atoms with van der Waals surface area (Å²) >= 11 is 1.18. The molecule has 0 spiro atoms. The second kappa shape index (κ2) is 14.4. The standard InChI is InChI=1S/C32H36N6O6S2/c1-21-7-8-22(2)26(17-21)34-30(39)20-45-32-36-35-29(38(32)27-18-24(43-3)11-14-28(27)44-4)19-33-31(40)23-9-12-25(13-10-23)46(41,42)37-15-5-6-16-37/h7-14,17-18H,5-6,15-16,19-20H2,1-4H3,(H,33,40)(H,34,39). The predicted molar refractivity (Wildman–Crippen MR) is 175 cm³/mol. The molecule has 1 fully saturated rings. The number of thioether (sulfide) groups is 1. The van der Waals surface area contributed by atoms with Crippen molar-refractivity contribution >= 4 is 39.3 Å². The highest BCUT2D eigenvalue weighted by Gasteiger charge is 2.27. The number of nitrogens with one attached hydrogen (secondary N) is 2. The number of ether oxygens (including phenoxy) is 2. The zero-order chi connectivity index (χ0) is 32.8. The van der Waals surface area contributed by atoms with Gasteiger partial charge in [-0.2, -0.15) is 4.31 Å². The molecule has 0 aliphatic carbocycles. The van der Waals surface area contributed by atoms with E-state index in [0.29, 0.717) is 46.8 Å². The maximum absolute atomic E-state index is 13.1. The lowest BCUT2D eigenvalue weighted by molar-refractivity contribution is -0.113. The summed E-state index contributed by atoms with van der Waals surface area (Å²) in [7, 11) is -0.503. The summed E-state index contributed by atoms with van der Waals surface area (Å²) < 4.78 is 40.0. The first-order valence-electron chi connectivity index (χ1n) is 14.7. The van der Waals surface area contributed by atoms with Crippen molar-refractivity contribution in [1.29, 1.82) is 0 Å². The Balaban J connectivity index is 1.35. The Hall–Kier alpha value is -4.40. The summed E-state index contributed by atoms with van der Waals surface area (Å²) in [6, 6.07) is 17.0. The number of sulfonamides is 1. The molecule has 14 heteroatoms. The molecule has 0 saturated carbocycles. The smallest absolute Gasteiger partial charge is 0.251 e. The molecule has 3 aromatic carbocycles. The molecule has 46 heavy (non-hydrogen) atoms. The Morgan fingerprint density at radius 3 is 2.37 bits per heavy atom. The van der Waals surface area contributed by atoms with Crippen LogP contribution in [0.25, 0.3) is 5.69 Å². The number of hydrogen-bond acceptors (Lipinski definition) is 9. The van der Waals surface area contributed by atoms with E-state index in [1.54, 1.807) is 29.9 Å². The number of aryl methyl sites for hydroxylation is 2. The highest BCUT2D eigenvalue weighted by atomic mass is 32.2. The van der Waals surface area contributed by atoms with E-state index in [4.69, 9.17) is 9.47 Å². The summed E-state index contributed by atoms with van der Waals surface area (Å²) in [5.41, 5.74) is 3.59. The van der Waals surface area contributed by atoms with Crippen LogP contribution in [0.15, 0.2) is 70.7 Å². The molecular weight excluding hydrogens is 629 g/mol. The van der Waals surface area contributed by atoms with Gasteiger partial charge in [0, 0.05) is 30.4 Å². The number of methoxy groups -OCH3 is 2. The number of anilines is 1. The van der Waals surface area contributed by atoms with Crippen molar-refractivity contribution in [3.05, 3.63) is 83.2 Å². The summed E-state index contributed by atoms with van der Waals surface area (Å²) in [6.07, 6.45) is 1.68. The summed E-state index contributed by atoms with van der Waals surface area (Å²) in [5, 5.41) is 14.9. The van der Waals surface area contributed by atoms with Crippen LogP contribution in [0.1, 0.15) is 40.2 Å². The molecule has 242 valence electrons. The van der Waals surface area contributed by atoms with E-state index in [9.17, 15) is 18.0 Å². The quantitative estimate of drug-likeness (QED) is 0.211. The van der Waals surface area contributed by atoms with Crippen LogP contribution in [0.3, 0.4) is 0 Å². The van der Waals surface area contributed by atoms with Gasteiger partial charge in [0.1, 0.15) is 11.5 Å². The fraction of sp³-hybridized carbons (Fsp3) is 0.312. The number of amides is 2. The second-order valence-corrected chi connectivity index (χ2v) is 13.6.